The fourth-order valence-electron chi connectivity index (χ4n) is 4.87. The zero-order chi connectivity index (χ0) is 26.5. The monoisotopic (exact) mass is 505 g/mol. The van der Waals surface area contributed by atoms with Gasteiger partial charge in [0.2, 0.25) is 0 Å². The van der Waals surface area contributed by atoms with E-state index < -0.39 is 24.3 Å². The van der Waals surface area contributed by atoms with Crippen molar-refractivity contribution in [3.8, 4) is 11.8 Å². The second kappa shape index (κ2) is 11.8. The minimum atomic E-state index is -0.462. The maximum atomic E-state index is 11.7. The molecule has 2 aromatic carbocycles. The van der Waals surface area contributed by atoms with Gasteiger partial charge in [-0.05, 0) is 67.9 Å². The van der Waals surface area contributed by atoms with E-state index >= 15 is 0 Å². The van der Waals surface area contributed by atoms with Crippen molar-refractivity contribution in [2.75, 3.05) is 6.61 Å². The molecule has 1 aliphatic carbocycles. The van der Waals surface area contributed by atoms with Crippen molar-refractivity contribution in [2.45, 2.75) is 90.1 Å². The molecule has 0 aromatic heterocycles. The van der Waals surface area contributed by atoms with Gasteiger partial charge >= 0.3 is 11.9 Å². The molecule has 0 spiro atoms. The summed E-state index contributed by atoms with van der Waals surface area (Å²) in [6.45, 7) is 6.66. The maximum absolute atomic E-state index is 11.7. The number of nitriles is 1. The minimum Gasteiger partial charge on any atom is -0.491 e. The Morgan fingerprint density at radius 2 is 1.81 bits per heavy atom. The number of esters is 2. The highest BCUT2D eigenvalue weighted by Crippen LogP contribution is 2.41. The van der Waals surface area contributed by atoms with Gasteiger partial charge in [-0.15, -0.1) is 0 Å². The summed E-state index contributed by atoms with van der Waals surface area (Å²) in [4.78, 5) is 23.2. The predicted molar refractivity (Wildman–Crippen MR) is 137 cm³/mol. The smallest absolute Gasteiger partial charge is 0.302 e. The molecular formula is C30H35NO6. The summed E-state index contributed by atoms with van der Waals surface area (Å²) < 4.78 is 23.2. The average molecular weight is 506 g/mol. The standard InChI is InChI=1S/C30H35NO6/c1-18(2)35-29-13-25(16-31)24(11-21-5-7-22(8-6-21)23-9-10-23)12-28(29)30-15-26(36-20(4)33)14-27(37-30)17-34-19(3)32/h5-8,12-13,18,23,26-27,30H,9-11,14-15,17H2,1-4H3/t26-,27-,30+/m0/s1. The molecule has 0 radical (unpaired) electrons. The predicted octanol–water partition coefficient (Wildman–Crippen LogP) is 5.53. The van der Waals surface area contributed by atoms with Crippen molar-refractivity contribution in [1.29, 1.82) is 5.26 Å². The van der Waals surface area contributed by atoms with Crippen LogP contribution >= 0.6 is 0 Å². The molecule has 1 saturated heterocycles. The van der Waals surface area contributed by atoms with Crippen molar-refractivity contribution in [3.05, 3.63) is 64.2 Å². The van der Waals surface area contributed by atoms with Crippen LogP contribution in [0.2, 0.25) is 0 Å². The fourth-order valence-corrected chi connectivity index (χ4v) is 4.87. The molecule has 2 aliphatic rings. The normalized spacial score (nSPS) is 21.2. The summed E-state index contributed by atoms with van der Waals surface area (Å²) >= 11 is 0. The topological polar surface area (TPSA) is 94.9 Å². The van der Waals surface area contributed by atoms with Crippen LogP contribution in [0.4, 0.5) is 0 Å². The Balaban J connectivity index is 1.66. The van der Waals surface area contributed by atoms with Gasteiger partial charge in [-0.2, -0.15) is 5.26 Å². The second-order valence-electron chi connectivity index (χ2n) is 10.3. The van der Waals surface area contributed by atoms with Gasteiger partial charge in [0.05, 0.1) is 29.9 Å². The first-order valence-electron chi connectivity index (χ1n) is 13.0. The van der Waals surface area contributed by atoms with Crippen molar-refractivity contribution >= 4 is 11.9 Å². The number of nitrogens with zero attached hydrogens (tertiary/aromatic N) is 1. The van der Waals surface area contributed by atoms with E-state index in [0.717, 1.165) is 16.7 Å². The maximum Gasteiger partial charge on any atom is 0.302 e. The second-order valence-corrected chi connectivity index (χ2v) is 10.3. The Kier molecular flexibility index (Phi) is 8.50. The minimum absolute atomic E-state index is 0.0699. The van der Waals surface area contributed by atoms with Crippen LogP contribution < -0.4 is 4.74 Å². The van der Waals surface area contributed by atoms with Gasteiger partial charge < -0.3 is 18.9 Å². The van der Waals surface area contributed by atoms with Crippen LogP contribution in [0.3, 0.4) is 0 Å². The van der Waals surface area contributed by atoms with Crippen molar-refractivity contribution in [2.24, 2.45) is 0 Å². The first-order valence-corrected chi connectivity index (χ1v) is 13.0. The molecule has 2 aromatic rings. The van der Waals surface area contributed by atoms with Crippen molar-refractivity contribution in [1.82, 2.24) is 0 Å². The first-order chi connectivity index (χ1) is 17.7. The lowest BCUT2D eigenvalue weighted by molar-refractivity contribution is -0.169. The molecule has 0 amide bonds. The van der Waals surface area contributed by atoms with Crippen LogP contribution in [0, 0.1) is 11.3 Å². The average Bonchev–Trinajstić information content (AvgIpc) is 3.68. The highest BCUT2D eigenvalue weighted by atomic mass is 16.6. The van der Waals surface area contributed by atoms with Gasteiger partial charge in [-0.1, -0.05) is 24.3 Å². The van der Waals surface area contributed by atoms with E-state index in [2.05, 4.69) is 30.3 Å². The number of carbonyl (C=O) groups excluding carboxylic acids is 2. The molecule has 4 rings (SSSR count). The third-order valence-corrected chi connectivity index (χ3v) is 6.65. The Morgan fingerprint density at radius 1 is 1.08 bits per heavy atom. The van der Waals surface area contributed by atoms with E-state index in [1.54, 1.807) is 6.07 Å². The van der Waals surface area contributed by atoms with Crippen LogP contribution in [0.15, 0.2) is 36.4 Å². The number of rotatable bonds is 9. The Bertz CT molecular complexity index is 1160. The third-order valence-electron chi connectivity index (χ3n) is 6.65. The van der Waals surface area contributed by atoms with Crippen LogP contribution in [0.5, 0.6) is 5.75 Å². The van der Waals surface area contributed by atoms with Gasteiger partial charge in [0.15, 0.2) is 0 Å². The largest absolute Gasteiger partial charge is 0.491 e. The van der Waals surface area contributed by atoms with Gasteiger partial charge in [0.25, 0.3) is 0 Å². The lowest BCUT2D eigenvalue weighted by atomic mass is 9.91. The molecule has 37 heavy (non-hydrogen) atoms. The molecule has 1 aliphatic heterocycles. The number of ether oxygens (including phenoxy) is 4. The highest BCUT2D eigenvalue weighted by Gasteiger charge is 2.35. The third kappa shape index (κ3) is 7.33. The molecule has 196 valence electrons. The van der Waals surface area contributed by atoms with Crippen LogP contribution in [0.25, 0.3) is 0 Å². The zero-order valence-corrected chi connectivity index (χ0v) is 22.0. The van der Waals surface area contributed by atoms with Gasteiger partial charge in [-0.3, -0.25) is 9.59 Å². The molecular weight excluding hydrogens is 470 g/mol. The zero-order valence-electron chi connectivity index (χ0n) is 22.0. The van der Waals surface area contributed by atoms with E-state index in [4.69, 9.17) is 18.9 Å². The van der Waals surface area contributed by atoms with Gasteiger partial charge in [0, 0.05) is 32.3 Å². The summed E-state index contributed by atoms with van der Waals surface area (Å²) in [7, 11) is 0. The molecule has 3 atom stereocenters. The fraction of sp³-hybridized carbons (Fsp3) is 0.500. The summed E-state index contributed by atoms with van der Waals surface area (Å²) in [5, 5.41) is 9.94. The SMILES string of the molecule is CC(=O)OC[C@@H]1C[C@H](OC(C)=O)C[C@H](c2cc(Cc3ccc(C4CC4)cc3)c(C#N)cc2OC(C)C)O1. The number of benzene rings is 2. The van der Waals surface area contributed by atoms with Crippen molar-refractivity contribution < 1.29 is 28.5 Å². The van der Waals surface area contributed by atoms with Gasteiger partial charge in [-0.25, -0.2) is 0 Å². The summed E-state index contributed by atoms with van der Waals surface area (Å²) in [5.41, 5.74) is 4.72. The number of hydrogen-bond acceptors (Lipinski definition) is 7. The lowest BCUT2D eigenvalue weighted by Gasteiger charge is -2.35. The first kappa shape index (κ1) is 26.7. The Labute approximate surface area is 218 Å². The molecule has 1 heterocycles. The Morgan fingerprint density at radius 3 is 2.41 bits per heavy atom. The number of hydrogen-bond donors (Lipinski definition) is 0. The highest BCUT2D eigenvalue weighted by molar-refractivity contribution is 5.66. The molecule has 1 saturated carbocycles. The van der Waals surface area contributed by atoms with E-state index in [1.807, 2.05) is 19.9 Å². The molecule has 7 heteroatoms. The molecule has 0 N–H and O–H groups in total. The van der Waals surface area contributed by atoms with Crippen molar-refractivity contribution in [3.63, 3.8) is 0 Å². The Hall–Kier alpha value is -3.37. The van der Waals surface area contributed by atoms with E-state index in [9.17, 15) is 14.9 Å². The quantitative estimate of drug-likeness (QED) is 0.414. The van der Waals surface area contributed by atoms with E-state index in [-0.39, 0.29) is 18.7 Å². The van der Waals surface area contributed by atoms with Crippen LogP contribution in [-0.4, -0.2) is 36.9 Å². The summed E-state index contributed by atoms with van der Waals surface area (Å²) in [6.07, 6.45) is 2.57. The molecule has 0 unspecified atom stereocenters. The van der Waals surface area contributed by atoms with Gasteiger partial charge in [0.1, 0.15) is 18.5 Å². The lowest BCUT2D eigenvalue weighted by Crippen LogP contribution is -2.37. The number of carbonyl (C=O) groups is 2. The summed E-state index contributed by atoms with van der Waals surface area (Å²) in [5.74, 6) is 0.494. The molecule has 0 bridgehead atoms. The van der Waals surface area contributed by atoms with Crippen LogP contribution in [-0.2, 0) is 30.2 Å². The molecule has 2 fully saturated rings. The van der Waals surface area contributed by atoms with E-state index in [0.29, 0.717) is 36.5 Å². The molecule has 7 nitrogen and oxygen atoms in total. The van der Waals surface area contributed by atoms with Crippen LogP contribution in [0.1, 0.15) is 93.2 Å². The van der Waals surface area contributed by atoms with E-state index in [1.165, 1.54) is 32.3 Å². The summed E-state index contributed by atoms with van der Waals surface area (Å²) in [6, 6.07) is 14.7.